The molecule has 0 amide bonds. The molecule has 1 saturated heterocycles. The normalized spacial score (nSPS) is 28.9. The van der Waals surface area contributed by atoms with Gasteiger partial charge in [-0.2, -0.15) is 0 Å². The standard InChI is InChI=1S/C13H16O4/c14-10-6-11(8-13(15)16)17-12(7-10)9-4-2-1-3-5-9/h1-5,10-12,14H,6-8H2,(H,15,16)/t10-,11+,12-/m0/s1. The topological polar surface area (TPSA) is 66.8 Å². The molecule has 1 fully saturated rings. The third kappa shape index (κ3) is 3.28. The van der Waals surface area contributed by atoms with Crippen LogP contribution in [0.3, 0.4) is 0 Å². The molecule has 4 nitrogen and oxygen atoms in total. The van der Waals surface area contributed by atoms with E-state index in [4.69, 9.17) is 9.84 Å². The van der Waals surface area contributed by atoms with Gasteiger partial charge >= 0.3 is 5.97 Å². The van der Waals surface area contributed by atoms with Crippen LogP contribution in [-0.4, -0.2) is 28.4 Å². The second-order valence-corrected chi connectivity index (χ2v) is 4.38. The van der Waals surface area contributed by atoms with Crippen LogP contribution >= 0.6 is 0 Å². The first-order valence-corrected chi connectivity index (χ1v) is 5.75. The van der Waals surface area contributed by atoms with Crippen LogP contribution in [0.15, 0.2) is 30.3 Å². The van der Waals surface area contributed by atoms with Gasteiger partial charge in [-0.25, -0.2) is 0 Å². The maximum Gasteiger partial charge on any atom is 0.305 e. The van der Waals surface area contributed by atoms with Crippen LogP contribution in [0.4, 0.5) is 0 Å². The van der Waals surface area contributed by atoms with Crippen molar-refractivity contribution in [1.29, 1.82) is 0 Å². The van der Waals surface area contributed by atoms with Crippen LogP contribution in [0, 0.1) is 0 Å². The van der Waals surface area contributed by atoms with Gasteiger partial charge in [0.25, 0.3) is 0 Å². The molecule has 0 radical (unpaired) electrons. The predicted octanol–water partition coefficient (Wildman–Crippen LogP) is 1.74. The molecule has 1 aliphatic heterocycles. The Kier molecular flexibility index (Phi) is 3.76. The molecule has 2 rings (SSSR count). The van der Waals surface area contributed by atoms with E-state index in [1.54, 1.807) is 0 Å². The molecule has 0 bridgehead atoms. The van der Waals surface area contributed by atoms with Crippen molar-refractivity contribution in [2.75, 3.05) is 0 Å². The van der Waals surface area contributed by atoms with E-state index in [9.17, 15) is 9.90 Å². The zero-order valence-electron chi connectivity index (χ0n) is 9.45. The van der Waals surface area contributed by atoms with Gasteiger partial charge in [0.1, 0.15) is 0 Å². The Morgan fingerprint density at radius 2 is 2.00 bits per heavy atom. The summed E-state index contributed by atoms with van der Waals surface area (Å²) in [6.45, 7) is 0. The van der Waals surface area contributed by atoms with Gasteiger partial charge in [0.2, 0.25) is 0 Å². The van der Waals surface area contributed by atoms with Crippen LogP contribution in [0.5, 0.6) is 0 Å². The molecule has 17 heavy (non-hydrogen) atoms. The Balaban J connectivity index is 2.06. The van der Waals surface area contributed by atoms with Crippen molar-refractivity contribution in [3.05, 3.63) is 35.9 Å². The van der Waals surface area contributed by atoms with E-state index in [0.29, 0.717) is 12.8 Å². The van der Waals surface area contributed by atoms with Gasteiger partial charge in [0, 0.05) is 12.8 Å². The Labute approximate surface area is 99.8 Å². The van der Waals surface area contributed by atoms with Gasteiger partial charge < -0.3 is 14.9 Å². The highest BCUT2D eigenvalue weighted by Crippen LogP contribution is 2.32. The minimum Gasteiger partial charge on any atom is -0.481 e. The lowest BCUT2D eigenvalue weighted by Gasteiger charge is -2.32. The van der Waals surface area contributed by atoms with E-state index in [0.717, 1.165) is 5.56 Å². The molecule has 1 heterocycles. The Bertz CT molecular complexity index is 376. The lowest BCUT2D eigenvalue weighted by Crippen LogP contribution is -2.32. The van der Waals surface area contributed by atoms with Crippen molar-refractivity contribution in [2.24, 2.45) is 0 Å². The Morgan fingerprint density at radius 1 is 1.29 bits per heavy atom. The largest absolute Gasteiger partial charge is 0.481 e. The number of carboxylic acids is 1. The summed E-state index contributed by atoms with van der Waals surface area (Å²) in [5.41, 5.74) is 0.988. The second kappa shape index (κ2) is 5.29. The highest BCUT2D eigenvalue weighted by molar-refractivity contribution is 5.67. The number of aliphatic hydroxyl groups excluding tert-OH is 1. The van der Waals surface area contributed by atoms with Crippen molar-refractivity contribution in [3.8, 4) is 0 Å². The number of rotatable bonds is 3. The molecule has 0 saturated carbocycles. The lowest BCUT2D eigenvalue weighted by atomic mass is 9.95. The molecular weight excluding hydrogens is 220 g/mol. The summed E-state index contributed by atoms with van der Waals surface area (Å²) in [5.74, 6) is -0.893. The fourth-order valence-electron chi connectivity index (χ4n) is 2.20. The van der Waals surface area contributed by atoms with E-state index < -0.39 is 18.2 Å². The molecule has 1 aromatic carbocycles. The van der Waals surface area contributed by atoms with Crippen LogP contribution < -0.4 is 0 Å². The monoisotopic (exact) mass is 236 g/mol. The summed E-state index contributed by atoms with van der Waals surface area (Å²) < 4.78 is 5.71. The number of benzene rings is 1. The van der Waals surface area contributed by atoms with Gasteiger partial charge in [-0.3, -0.25) is 4.79 Å². The van der Waals surface area contributed by atoms with E-state index in [1.165, 1.54) is 0 Å². The van der Waals surface area contributed by atoms with Gasteiger partial charge in [-0.1, -0.05) is 30.3 Å². The van der Waals surface area contributed by atoms with Crippen LogP contribution in [0.1, 0.15) is 30.9 Å². The van der Waals surface area contributed by atoms with E-state index in [2.05, 4.69) is 0 Å². The first kappa shape index (κ1) is 12.1. The SMILES string of the molecule is O=C(O)C[C@H]1C[C@H](O)C[C@@H](c2ccccc2)O1. The maximum atomic E-state index is 10.7. The maximum absolute atomic E-state index is 10.7. The first-order valence-electron chi connectivity index (χ1n) is 5.75. The second-order valence-electron chi connectivity index (χ2n) is 4.38. The Hall–Kier alpha value is -1.39. The number of aliphatic carboxylic acids is 1. The smallest absolute Gasteiger partial charge is 0.305 e. The van der Waals surface area contributed by atoms with Crippen molar-refractivity contribution in [2.45, 2.75) is 37.6 Å². The number of aliphatic hydroxyl groups is 1. The average Bonchev–Trinajstić information content (AvgIpc) is 2.28. The van der Waals surface area contributed by atoms with E-state index >= 15 is 0 Å². The average molecular weight is 236 g/mol. The van der Waals surface area contributed by atoms with Crippen molar-refractivity contribution >= 4 is 5.97 Å². The predicted molar refractivity (Wildman–Crippen MR) is 61.5 cm³/mol. The van der Waals surface area contributed by atoms with Crippen molar-refractivity contribution in [1.82, 2.24) is 0 Å². The minimum absolute atomic E-state index is 0.0552. The highest BCUT2D eigenvalue weighted by atomic mass is 16.5. The molecule has 92 valence electrons. The summed E-state index contributed by atoms with van der Waals surface area (Å²) in [5, 5.41) is 18.5. The molecule has 2 N–H and O–H groups in total. The fraction of sp³-hybridized carbons (Fsp3) is 0.462. The van der Waals surface area contributed by atoms with Gasteiger partial charge in [-0.05, 0) is 5.56 Å². The lowest BCUT2D eigenvalue weighted by molar-refractivity contribution is -0.147. The van der Waals surface area contributed by atoms with E-state index in [1.807, 2.05) is 30.3 Å². The summed E-state index contributed by atoms with van der Waals surface area (Å²) in [7, 11) is 0. The third-order valence-electron chi connectivity index (χ3n) is 2.95. The zero-order valence-corrected chi connectivity index (χ0v) is 9.45. The van der Waals surface area contributed by atoms with Crippen LogP contribution in [0.2, 0.25) is 0 Å². The Morgan fingerprint density at radius 3 is 2.65 bits per heavy atom. The minimum atomic E-state index is -0.893. The number of hydrogen-bond donors (Lipinski definition) is 2. The van der Waals surface area contributed by atoms with E-state index in [-0.39, 0.29) is 12.5 Å². The highest BCUT2D eigenvalue weighted by Gasteiger charge is 2.30. The van der Waals surface area contributed by atoms with Gasteiger partial charge in [0.05, 0.1) is 24.7 Å². The third-order valence-corrected chi connectivity index (χ3v) is 2.95. The summed E-state index contributed by atoms with van der Waals surface area (Å²) in [6, 6.07) is 9.59. The summed E-state index contributed by atoms with van der Waals surface area (Å²) in [6.07, 6.45) is -0.222. The number of carbonyl (C=O) groups is 1. The first-order chi connectivity index (χ1) is 8.15. The zero-order chi connectivity index (χ0) is 12.3. The quantitative estimate of drug-likeness (QED) is 0.839. The number of hydrogen-bond acceptors (Lipinski definition) is 3. The molecule has 0 unspecified atom stereocenters. The summed E-state index contributed by atoms with van der Waals surface area (Å²) >= 11 is 0. The van der Waals surface area contributed by atoms with Gasteiger partial charge in [0.15, 0.2) is 0 Å². The van der Waals surface area contributed by atoms with Crippen LogP contribution in [0.25, 0.3) is 0 Å². The molecule has 0 aromatic heterocycles. The van der Waals surface area contributed by atoms with Crippen molar-refractivity contribution in [3.63, 3.8) is 0 Å². The molecule has 0 aliphatic carbocycles. The fourth-order valence-corrected chi connectivity index (χ4v) is 2.20. The number of carboxylic acid groups (broad SMARTS) is 1. The molecule has 1 aromatic rings. The van der Waals surface area contributed by atoms with Crippen molar-refractivity contribution < 1.29 is 19.7 Å². The summed E-state index contributed by atoms with van der Waals surface area (Å²) in [4.78, 5) is 10.7. The molecule has 3 atom stereocenters. The molecule has 0 spiro atoms. The molecular formula is C13H16O4. The van der Waals surface area contributed by atoms with Gasteiger partial charge in [-0.15, -0.1) is 0 Å². The number of ether oxygens (including phenoxy) is 1. The van der Waals surface area contributed by atoms with Crippen LogP contribution in [-0.2, 0) is 9.53 Å². The molecule has 1 aliphatic rings. The molecule has 4 heteroatoms.